The molecule has 0 aliphatic heterocycles. The van der Waals surface area contributed by atoms with Crippen molar-refractivity contribution in [2.75, 3.05) is 0 Å². The van der Waals surface area contributed by atoms with Crippen LogP contribution in [0.2, 0.25) is 0 Å². The molecule has 1 aromatic heterocycles. The van der Waals surface area contributed by atoms with Gasteiger partial charge in [0.25, 0.3) is 0 Å². The van der Waals surface area contributed by atoms with Gasteiger partial charge in [-0.2, -0.15) is 5.10 Å². The van der Waals surface area contributed by atoms with Crippen molar-refractivity contribution in [2.24, 2.45) is 5.41 Å². The lowest BCUT2D eigenvalue weighted by Gasteiger charge is -2.16. The number of hydrogen-bond acceptors (Lipinski definition) is 2. The number of nitrogens with zero attached hydrogens (tertiary/aromatic N) is 2. The van der Waals surface area contributed by atoms with Gasteiger partial charge >= 0.3 is 0 Å². The van der Waals surface area contributed by atoms with E-state index in [-0.39, 0.29) is 0 Å². The Balaban J connectivity index is 2.14. The maximum atomic E-state index is 4.59. The van der Waals surface area contributed by atoms with Crippen LogP contribution in [0.25, 0.3) is 0 Å². The lowest BCUT2D eigenvalue weighted by atomic mass is 10.1. The summed E-state index contributed by atoms with van der Waals surface area (Å²) in [4.78, 5) is 0. The van der Waals surface area contributed by atoms with Crippen molar-refractivity contribution in [1.29, 1.82) is 0 Å². The summed E-state index contributed by atoms with van der Waals surface area (Å²) in [7, 11) is 0. The van der Waals surface area contributed by atoms with Crippen molar-refractivity contribution in [3.63, 3.8) is 0 Å². The first-order chi connectivity index (χ1) is 7.86. The third-order valence-electron chi connectivity index (χ3n) is 4.13. The molecular weight excluding hydrogens is 210 g/mol. The maximum absolute atomic E-state index is 4.59. The topological polar surface area (TPSA) is 29.9 Å². The molecule has 1 heterocycles. The first kappa shape index (κ1) is 12.6. The Morgan fingerprint density at radius 2 is 2.06 bits per heavy atom. The summed E-state index contributed by atoms with van der Waals surface area (Å²) in [6.07, 6.45) is 1.29. The first-order valence-electron chi connectivity index (χ1n) is 6.66. The highest BCUT2D eigenvalue weighted by Gasteiger charge is 2.46. The molecule has 1 saturated carbocycles. The normalized spacial score (nSPS) is 23.8. The van der Waals surface area contributed by atoms with E-state index in [1.807, 2.05) is 0 Å². The third kappa shape index (κ3) is 2.25. The van der Waals surface area contributed by atoms with Crippen molar-refractivity contribution >= 4 is 0 Å². The van der Waals surface area contributed by atoms with E-state index in [1.165, 1.54) is 23.4 Å². The molecule has 17 heavy (non-hydrogen) atoms. The molecule has 3 heteroatoms. The minimum absolute atomic E-state index is 0.405. The molecule has 2 unspecified atom stereocenters. The van der Waals surface area contributed by atoms with E-state index in [0.29, 0.717) is 17.5 Å². The van der Waals surface area contributed by atoms with E-state index in [4.69, 9.17) is 0 Å². The molecule has 96 valence electrons. The Morgan fingerprint density at radius 3 is 2.47 bits per heavy atom. The number of aromatic nitrogens is 2. The van der Waals surface area contributed by atoms with Gasteiger partial charge in [-0.05, 0) is 39.5 Å². The minimum Gasteiger partial charge on any atom is -0.307 e. The van der Waals surface area contributed by atoms with Gasteiger partial charge in [0.05, 0.1) is 5.69 Å². The summed E-state index contributed by atoms with van der Waals surface area (Å²) in [6.45, 7) is 14.3. The summed E-state index contributed by atoms with van der Waals surface area (Å²) in [5, 5.41) is 8.32. The van der Waals surface area contributed by atoms with Crippen LogP contribution >= 0.6 is 0 Å². The Kier molecular flexibility index (Phi) is 3.06. The zero-order chi connectivity index (χ0) is 12.8. The summed E-state index contributed by atoms with van der Waals surface area (Å²) >= 11 is 0. The predicted octanol–water partition coefficient (Wildman–Crippen LogP) is 2.97. The summed E-state index contributed by atoms with van der Waals surface area (Å²) in [6, 6.07) is 1.07. The SMILES string of the molecule is CCn1nc(C)c(C(C)NC2CC2(C)C)c1C. The maximum Gasteiger partial charge on any atom is 0.0644 e. The summed E-state index contributed by atoms with van der Waals surface area (Å²) in [5.74, 6) is 0. The van der Waals surface area contributed by atoms with Crippen molar-refractivity contribution in [2.45, 2.75) is 66.6 Å². The van der Waals surface area contributed by atoms with E-state index in [0.717, 1.165) is 6.54 Å². The zero-order valence-corrected chi connectivity index (χ0v) is 12.0. The lowest BCUT2D eigenvalue weighted by Crippen LogP contribution is -2.25. The van der Waals surface area contributed by atoms with Crippen LogP contribution in [-0.4, -0.2) is 15.8 Å². The molecule has 0 aromatic carbocycles. The Bertz CT molecular complexity index is 417. The molecule has 2 rings (SSSR count). The van der Waals surface area contributed by atoms with Crippen LogP contribution in [0.3, 0.4) is 0 Å². The quantitative estimate of drug-likeness (QED) is 0.869. The first-order valence-corrected chi connectivity index (χ1v) is 6.66. The van der Waals surface area contributed by atoms with E-state index in [2.05, 4.69) is 56.6 Å². The molecule has 0 saturated heterocycles. The van der Waals surface area contributed by atoms with Crippen molar-refractivity contribution < 1.29 is 0 Å². The fourth-order valence-corrected chi connectivity index (χ4v) is 2.78. The number of aryl methyl sites for hydroxylation is 2. The molecule has 0 amide bonds. The smallest absolute Gasteiger partial charge is 0.0644 e. The molecular formula is C14H25N3. The van der Waals surface area contributed by atoms with Crippen molar-refractivity contribution in [3.8, 4) is 0 Å². The van der Waals surface area contributed by atoms with Crippen molar-refractivity contribution in [3.05, 3.63) is 17.0 Å². The monoisotopic (exact) mass is 235 g/mol. The second-order valence-electron chi connectivity index (χ2n) is 6.03. The molecule has 1 N–H and O–H groups in total. The molecule has 2 atom stereocenters. The van der Waals surface area contributed by atoms with Gasteiger partial charge in [0.15, 0.2) is 0 Å². The minimum atomic E-state index is 0.405. The van der Waals surface area contributed by atoms with Gasteiger partial charge in [0.2, 0.25) is 0 Å². The van der Waals surface area contributed by atoms with Gasteiger partial charge in [0, 0.05) is 29.9 Å². The highest BCUT2D eigenvalue weighted by molar-refractivity contribution is 5.28. The molecule has 1 aliphatic rings. The van der Waals surface area contributed by atoms with Gasteiger partial charge in [-0.25, -0.2) is 0 Å². The zero-order valence-electron chi connectivity index (χ0n) is 12.0. The molecule has 1 aliphatic carbocycles. The Labute approximate surface area is 105 Å². The predicted molar refractivity (Wildman–Crippen MR) is 71.1 cm³/mol. The number of hydrogen-bond donors (Lipinski definition) is 1. The lowest BCUT2D eigenvalue weighted by molar-refractivity contribution is 0.489. The van der Waals surface area contributed by atoms with Crippen LogP contribution < -0.4 is 5.32 Å². The van der Waals surface area contributed by atoms with Crippen LogP contribution in [0.4, 0.5) is 0 Å². The van der Waals surface area contributed by atoms with Crippen LogP contribution in [0.1, 0.15) is 57.1 Å². The second kappa shape index (κ2) is 4.13. The molecule has 3 nitrogen and oxygen atoms in total. The largest absolute Gasteiger partial charge is 0.307 e. The molecule has 0 radical (unpaired) electrons. The van der Waals surface area contributed by atoms with Gasteiger partial charge < -0.3 is 5.32 Å². The average Bonchev–Trinajstić information content (AvgIpc) is 2.68. The number of rotatable bonds is 4. The van der Waals surface area contributed by atoms with E-state index in [9.17, 15) is 0 Å². The summed E-state index contributed by atoms with van der Waals surface area (Å²) < 4.78 is 2.10. The molecule has 1 aromatic rings. The van der Waals surface area contributed by atoms with Crippen LogP contribution in [0.15, 0.2) is 0 Å². The average molecular weight is 235 g/mol. The molecule has 0 spiro atoms. The van der Waals surface area contributed by atoms with Gasteiger partial charge in [-0.1, -0.05) is 13.8 Å². The number of nitrogens with one attached hydrogen (secondary N) is 1. The van der Waals surface area contributed by atoms with Gasteiger partial charge in [-0.3, -0.25) is 4.68 Å². The second-order valence-corrected chi connectivity index (χ2v) is 6.03. The fourth-order valence-electron chi connectivity index (χ4n) is 2.78. The van der Waals surface area contributed by atoms with E-state index >= 15 is 0 Å². The van der Waals surface area contributed by atoms with Crippen LogP contribution in [-0.2, 0) is 6.54 Å². The van der Waals surface area contributed by atoms with Crippen molar-refractivity contribution in [1.82, 2.24) is 15.1 Å². The van der Waals surface area contributed by atoms with Crippen LogP contribution in [0.5, 0.6) is 0 Å². The van der Waals surface area contributed by atoms with E-state index < -0.39 is 0 Å². The summed E-state index contributed by atoms with van der Waals surface area (Å²) in [5.41, 5.74) is 4.34. The molecule has 1 fully saturated rings. The highest BCUT2D eigenvalue weighted by atomic mass is 15.3. The van der Waals surface area contributed by atoms with Gasteiger partial charge in [-0.15, -0.1) is 0 Å². The van der Waals surface area contributed by atoms with Gasteiger partial charge in [0.1, 0.15) is 0 Å². The van der Waals surface area contributed by atoms with E-state index in [1.54, 1.807) is 0 Å². The third-order valence-corrected chi connectivity index (χ3v) is 4.13. The van der Waals surface area contributed by atoms with Crippen LogP contribution in [0, 0.1) is 19.3 Å². The standard InChI is InChI=1S/C14H25N3/c1-7-17-11(4)13(10(3)16-17)9(2)15-12-8-14(12,5)6/h9,12,15H,7-8H2,1-6H3. The Hall–Kier alpha value is -0.830. The highest BCUT2D eigenvalue weighted by Crippen LogP contribution is 2.45. The Morgan fingerprint density at radius 1 is 1.47 bits per heavy atom. The fraction of sp³-hybridized carbons (Fsp3) is 0.786. The molecule has 0 bridgehead atoms.